The summed E-state index contributed by atoms with van der Waals surface area (Å²) in [6.45, 7) is 2.58. The SMILES string of the molecule is CC(=O)c1ccc(N(CCC(=O)O)Cc2ccccc2)cc1. The lowest BCUT2D eigenvalue weighted by Crippen LogP contribution is -2.25. The fourth-order valence-electron chi connectivity index (χ4n) is 2.24. The number of anilines is 1. The molecule has 4 nitrogen and oxygen atoms in total. The highest BCUT2D eigenvalue weighted by molar-refractivity contribution is 5.94. The molecular weight excluding hydrogens is 278 g/mol. The van der Waals surface area contributed by atoms with Gasteiger partial charge < -0.3 is 10.0 Å². The van der Waals surface area contributed by atoms with Crippen molar-refractivity contribution < 1.29 is 14.7 Å². The van der Waals surface area contributed by atoms with Gasteiger partial charge in [0.15, 0.2) is 5.78 Å². The van der Waals surface area contributed by atoms with Crippen LogP contribution in [0.3, 0.4) is 0 Å². The zero-order chi connectivity index (χ0) is 15.9. The van der Waals surface area contributed by atoms with E-state index in [1.54, 1.807) is 12.1 Å². The maximum atomic E-state index is 11.3. The minimum Gasteiger partial charge on any atom is -0.481 e. The summed E-state index contributed by atoms with van der Waals surface area (Å²) in [5.74, 6) is -0.801. The molecule has 0 atom stereocenters. The lowest BCUT2D eigenvalue weighted by atomic mass is 10.1. The molecule has 0 saturated carbocycles. The Kier molecular flexibility index (Phi) is 5.31. The van der Waals surface area contributed by atoms with Gasteiger partial charge in [0.2, 0.25) is 0 Å². The topological polar surface area (TPSA) is 57.6 Å². The molecule has 0 spiro atoms. The van der Waals surface area contributed by atoms with Gasteiger partial charge in [-0.15, -0.1) is 0 Å². The van der Waals surface area contributed by atoms with Crippen molar-refractivity contribution >= 4 is 17.4 Å². The number of hydrogen-bond acceptors (Lipinski definition) is 3. The number of ketones is 1. The Morgan fingerprint density at radius 1 is 1.00 bits per heavy atom. The Morgan fingerprint density at radius 3 is 2.18 bits per heavy atom. The molecule has 0 heterocycles. The van der Waals surface area contributed by atoms with E-state index in [4.69, 9.17) is 5.11 Å². The molecule has 0 saturated heterocycles. The number of carboxylic acids is 1. The zero-order valence-electron chi connectivity index (χ0n) is 12.5. The molecule has 0 aliphatic rings. The van der Waals surface area contributed by atoms with Crippen LogP contribution in [0.15, 0.2) is 54.6 Å². The van der Waals surface area contributed by atoms with Gasteiger partial charge in [0, 0.05) is 24.3 Å². The van der Waals surface area contributed by atoms with Gasteiger partial charge in [0.25, 0.3) is 0 Å². The molecule has 0 unspecified atom stereocenters. The first-order valence-corrected chi connectivity index (χ1v) is 7.18. The van der Waals surface area contributed by atoms with Gasteiger partial charge in [0.05, 0.1) is 6.42 Å². The van der Waals surface area contributed by atoms with Crippen LogP contribution in [0.2, 0.25) is 0 Å². The van der Waals surface area contributed by atoms with E-state index >= 15 is 0 Å². The molecule has 0 amide bonds. The largest absolute Gasteiger partial charge is 0.481 e. The van der Waals surface area contributed by atoms with Crippen molar-refractivity contribution in [3.05, 3.63) is 65.7 Å². The van der Waals surface area contributed by atoms with E-state index in [2.05, 4.69) is 0 Å². The van der Waals surface area contributed by atoms with Gasteiger partial charge in [-0.3, -0.25) is 9.59 Å². The van der Waals surface area contributed by atoms with Crippen LogP contribution in [-0.2, 0) is 11.3 Å². The van der Waals surface area contributed by atoms with Crippen molar-refractivity contribution in [2.24, 2.45) is 0 Å². The van der Waals surface area contributed by atoms with Crippen LogP contribution < -0.4 is 4.90 Å². The van der Waals surface area contributed by atoms with E-state index in [0.717, 1.165) is 11.3 Å². The summed E-state index contributed by atoms with van der Waals surface area (Å²) in [6, 6.07) is 17.2. The first-order chi connectivity index (χ1) is 10.6. The quantitative estimate of drug-likeness (QED) is 0.796. The third-order valence-corrected chi connectivity index (χ3v) is 3.45. The van der Waals surface area contributed by atoms with Gasteiger partial charge >= 0.3 is 5.97 Å². The van der Waals surface area contributed by atoms with E-state index in [9.17, 15) is 9.59 Å². The predicted octanol–water partition coefficient (Wildman–Crippen LogP) is 3.37. The normalized spacial score (nSPS) is 10.2. The molecule has 2 rings (SSSR count). The van der Waals surface area contributed by atoms with Gasteiger partial charge in [-0.25, -0.2) is 0 Å². The minimum absolute atomic E-state index is 0.0201. The molecule has 2 aromatic carbocycles. The molecule has 4 heteroatoms. The Balaban J connectivity index is 2.19. The van der Waals surface area contributed by atoms with Crippen molar-refractivity contribution in [1.82, 2.24) is 0 Å². The summed E-state index contributed by atoms with van der Waals surface area (Å²) in [4.78, 5) is 24.2. The molecule has 0 aliphatic heterocycles. The van der Waals surface area contributed by atoms with Gasteiger partial charge in [-0.1, -0.05) is 30.3 Å². The second kappa shape index (κ2) is 7.41. The first kappa shape index (κ1) is 15.8. The lowest BCUT2D eigenvalue weighted by molar-refractivity contribution is -0.136. The maximum Gasteiger partial charge on any atom is 0.305 e. The van der Waals surface area contributed by atoms with Gasteiger partial charge in [-0.2, -0.15) is 0 Å². The highest BCUT2D eigenvalue weighted by Crippen LogP contribution is 2.19. The van der Waals surface area contributed by atoms with E-state index in [1.807, 2.05) is 47.4 Å². The minimum atomic E-state index is -0.821. The summed E-state index contributed by atoms with van der Waals surface area (Å²) < 4.78 is 0. The number of hydrogen-bond donors (Lipinski definition) is 1. The van der Waals surface area contributed by atoms with Crippen molar-refractivity contribution in [3.8, 4) is 0 Å². The molecule has 0 bridgehead atoms. The fraction of sp³-hybridized carbons (Fsp3) is 0.222. The Labute approximate surface area is 130 Å². The van der Waals surface area contributed by atoms with Crippen LogP contribution in [-0.4, -0.2) is 23.4 Å². The molecule has 114 valence electrons. The lowest BCUT2D eigenvalue weighted by Gasteiger charge is -2.24. The Hall–Kier alpha value is -2.62. The second-order valence-corrected chi connectivity index (χ2v) is 5.15. The number of carbonyl (C=O) groups is 2. The summed E-state index contributed by atoms with van der Waals surface area (Å²) in [6.07, 6.45) is 0.0707. The number of carboxylic acid groups (broad SMARTS) is 1. The zero-order valence-corrected chi connectivity index (χ0v) is 12.5. The number of rotatable bonds is 7. The summed E-state index contributed by atoms with van der Waals surface area (Å²) in [5, 5.41) is 8.92. The summed E-state index contributed by atoms with van der Waals surface area (Å²) in [7, 11) is 0. The van der Waals surface area contributed by atoms with Crippen molar-refractivity contribution in [1.29, 1.82) is 0 Å². The molecule has 0 aliphatic carbocycles. The third-order valence-electron chi connectivity index (χ3n) is 3.45. The number of aliphatic carboxylic acids is 1. The average molecular weight is 297 g/mol. The molecule has 0 fully saturated rings. The summed E-state index contributed by atoms with van der Waals surface area (Å²) >= 11 is 0. The number of carbonyl (C=O) groups excluding carboxylic acids is 1. The first-order valence-electron chi connectivity index (χ1n) is 7.18. The van der Waals surface area contributed by atoms with E-state index in [0.29, 0.717) is 18.7 Å². The van der Waals surface area contributed by atoms with E-state index in [-0.39, 0.29) is 12.2 Å². The highest BCUT2D eigenvalue weighted by Gasteiger charge is 2.10. The molecule has 1 N–H and O–H groups in total. The molecule has 0 aromatic heterocycles. The third kappa shape index (κ3) is 4.45. The van der Waals surface area contributed by atoms with Crippen molar-refractivity contribution in [3.63, 3.8) is 0 Å². The van der Waals surface area contributed by atoms with E-state index < -0.39 is 5.97 Å². The van der Waals surface area contributed by atoms with Crippen LogP contribution in [0.1, 0.15) is 29.3 Å². The van der Waals surface area contributed by atoms with Crippen molar-refractivity contribution in [2.75, 3.05) is 11.4 Å². The fourth-order valence-corrected chi connectivity index (χ4v) is 2.24. The summed E-state index contributed by atoms with van der Waals surface area (Å²) in [5.41, 5.74) is 2.68. The Morgan fingerprint density at radius 2 is 1.64 bits per heavy atom. The molecule has 2 aromatic rings. The molecular formula is C18H19NO3. The molecule has 0 radical (unpaired) electrons. The van der Waals surface area contributed by atoms with Crippen molar-refractivity contribution in [2.45, 2.75) is 19.9 Å². The maximum absolute atomic E-state index is 11.3. The smallest absolute Gasteiger partial charge is 0.305 e. The van der Waals surface area contributed by atoms with Crippen LogP contribution in [0.4, 0.5) is 5.69 Å². The van der Waals surface area contributed by atoms with Crippen LogP contribution in [0.25, 0.3) is 0 Å². The average Bonchev–Trinajstić information content (AvgIpc) is 2.52. The number of Topliss-reactive ketones (excluding diaryl/α,β-unsaturated/α-hetero) is 1. The molecule has 22 heavy (non-hydrogen) atoms. The van der Waals surface area contributed by atoms with Crippen LogP contribution >= 0.6 is 0 Å². The number of nitrogens with zero attached hydrogens (tertiary/aromatic N) is 1. The van der Waals surface area contributed by atoms with Gasteiger partial charge in [-0.05, 0) is 36.8 Å². The van der Waals surface area contributed by atoms with E-state index in [1.165, 1.54) is 6.92 Å². The highest BCUT2D eigenvalue weighted by atomic mass is 16.4. The standard InChI is InChI=1S/C18H19NO3/c1-14(20)16-7-9-17(10-8-16)19(12-11-18(21)22)13-15-5-3-2-4-6-15/h2-10H,11-13H2,1H3,(H,21,22). The second-order valence-electron chi connectivity index (χ2n) is 5.15. The monoisotopic (exact) mass is 297 g/mol. The van der Waals surface area contributed by atoms with Crippen LogP contribution in [0.5, 0.6) is 0 Å². The number of benzene rings is 2. The Bertz CT molecular complexity index is 635. The van der Waals surface area contributed by atoms with Gasteiger partial charge in [0.1, 0.15) is 0 Å². The predicted molar refractivity (Wildman–Crippen MR) is 86.2 cm³/mol. The van der Waals surface area contributed by atoms with Crippen LogP contribution in [0, 0.1) is 0 Å².